The molecule has 0 saturated carbocycles. The number of halogens is 4. The molecular formula is C13H6Cl3FN2. The smallest absolute Gasteiger partial charge is 0.217 e. The maximum absolute atomic E-state index is 13.7. The van der Waals surface area contributed by atoms with Crippen LogP contribution in [0.5, 0.6) is 0 Å². The molecule has 1 heterocycles. The van der Waals surface area contributed by atoms with E-state index in [4.69, 9.17) is 40.1 Å². The molecule has 0 aliphatic rings. The molecule has 0 bridgehead atoms. The van der Waals surface area contributed by atoms with E-state index in [0.717, 1.165) is 0 Å². The Morgan fingerprint density at radius 2 is 1.79 bits per heavy atom. The van der Waals surface area contributed by atoms with Crippen molar-refractivity contribution in [2.45, 2.75) is 6.42 Å². The van der Waals surface area contributed by atoms with Crippen LogP contribution in [0.4, 0.5) is 4.39 Å². The third-order valence-electron chi connectivity index (χ3n) is 2.48. The van der Waals surface area contributed by atoms with E-state index in [1.165, 1.54) is 18.2 Å². The normalized spacial score (nSPS) is 10.3. The Morgan fingerprint density at radius 3 is 2.42 bits per heavy atom. The highest BCUT2D eigenvalue weighted by Crippen LogP contribution is 2.34. The van der Waals surface area contributed by atoms with Crippen molar-refractivity contribution >= 4 is 34.8 Å². The van der Waals surface area contributed by atoms with Gasteiger partial charge in [0.25, 0.3) is 0 Å². The zero-order valence-electron chi connectivity index (χ0n) is 9.42. The molecule has 0 aliphatic carbocycles. The van der Waals surface area contributed by atoms with Gasteiger partial charge in [0.2, 0.25) is 5.95 Å². The van der Waals surface area contributed by atoms with Gasteiger partial charge in [-0.25, -0.2) is 4.98 Å². The Kier molecular flexibility index (Phi) is 4.26. The van der Waals surface area contributed by atoms with E-state index in [2.05, 4.69) is 4.98 Å². The highest BCUT2D eigenvalue weighted by molar-refractivity contribution is 6.44. The predicted molar refractivity (Wildman–Crippen MR) is 74.0 cm³/mol. The minimum absolute atomic E-state index is 0.0335. The monoisotopic (exact) mass is 314 g/mol. The number of hydrogen-bond acceptors (Lipinski definition) is 2. The molecule has 1 aromatic heterocycles. The fraction of sp³-hybridized carbons (Fsp3) is 0.0769. The molecule has 2 aromatic rings. The molecular weight excluding hydrogens is 310 g/mol. The lowest BCUT2D eigenvalue weighted by Gasteiger charge is -2.07. The summed E-state index contributed by atoms with van der Waals surface area (Å²) in [4.78, 5) is 3.79. The van der Waals surface area contributed by atoms with Crippen molar-refractivity contribution in [3.8, 4) is 17.3 Å². The highest BCUT2D eigenvalue weighted by atomic mass is 35.5. The summed E-state index contributed by atoms with van der Waals surface area (Å²) in [7, 11) is 0. The first-order valence-corrected chi connectivity index (χ1v) is 6.33. The minimum atomic E-state index is -0.693. The number of pyridine rings is 1. The van der Waals surface area contributed by atoms with Crippen LogP contribution in [0.15, 0.2) is 24.3 Å². The van der Waals surface area contributed by atoms with Crippen LogP contribution in [0.25, 0.3) is 11.3 Å². The highest BCUT2D eigenvalue weighted by Gasteiger charge is 2.12. The second-order valence-corrected chi connectivity index (χ2v) is 4.95. The van der Waals surface area contributed by atoms with Gasteiger partial charge in [0.05, 0.1) is 33.3 Å². The van der Waals surface area contributed by atoms with Gasteiger partial charge in [0, 0.05) is 11.1 Å². The van der Waals surface area contributed by atoms with Gasteiger partial charge >= 0.3 is 0 Å². The third kappa shape index (κ3) is 2.98. The van der Waals surface area contributed by atoms with Crippen molar-refractivity contribution in [1.82, 2.24) is 4.98 Å². The van der Waals surface area contributed by atoms with Crippen molar-refractivity contribution in [3.05, 3.63) is 50.8 Å². The lowest BCUT2D eigenvalue weighted by molar-refractivity contribution is 0.573. The topological polar surface area (TPSA) is 36.7 Å². The van der Waals surface area contributed by atoms with E-state index in [0.29, 0.717) is 26.3 Å². The SMILES string of the molecule is N#CCc1ccc(-c2cc(Cl)c(Cl)cc2Cl)nc1F. The van der Waals surface area contributed by atoms with Gasteiger partial charge < -0.3 is 0 Å². The van der Waals surface area contributed by atoms with Gasteiger partial charge in [0.1, 0.15) is 0 Å². The molecule has 0 spiro atoms. The number of hydrogen-bond donors (Lipinski definition) is 0. The Labute approximate surface area is 124 Å². The summed E-state index contributed by atoms with van der Waals surface area (Å²) >= 11 is 17.8. The zero-order chi connectivity index (χ0) is 14.0. The average molecular weight is 316 g/mol. The van der Waals surface area contributed by atoms with Crippen molar-refractivity contribution < 1.29 is 4.39 Å². The Morgan fingerprint density at radius 1 is 1.11 bits per heavy atom. The molecule has 0 amide bonds. The van der Waals surface area contributed by atoms with Crippen molar-refractivity contribution in [3.63, 3.8) is 0 Å². The molecule has 0 N–H and O–H groups in total. The maximum Gasteiger partial charge on any atom is 0.217 e. The summed E-state index contributed by atoms with van der Waals surface area (Å²) in [5, 5.41) is 9.50. The number of nitrogens with zero attached hydrogens (tertiary/aromatic N) is 2. The Hall–Kier alpha value is -1.34. The summed E-state index contributed by atoms with van der Waals surface area (Å²) in [5.74, 6) is -0.693. The van der Waals surface area contributed by atoms with E-state index >= 15 is 0 Å². The number of nitriles is 1. The second kappa shape index (κ2) is 5.75. The molecule has 19 heavy (non-hydrogen) atoms. The Bertz CT molecular complexity index is 680. The minimum Gasteiger partial charge on any atom is -0.219 e. The first kappa shape index (κ1) is 14.1. The van der Waals surface area contributed by atoms with Gasteiger partial charge in [-0.15, -0.1) is 0 Å². The summed E-state index contributed by atoms with van der Waals surface area (Å²) in [6, 6.07) is 7.95. The van der Waals surface area contributed by atoms with E-state index < -0.39 is 5.95 Å². The van der Waals surface area contributed by atoms with E-state index in [-0.39, 0.29) is 12.0 Å². The van der Waals surface area contributed by atoms with Gasteiger partial charge in [-0.2, -0.15) is 9.65 Å². The van der Waals surface area contributed by atoms with E-state index in [1.807, 2.05) is 6.07 Å². The molecule has 0 unspecified atom stereocenters. The fourth-order valence-electron chi connectivity index (χ4n) is 1.55. The number of aromatic nitrogens is 1. The molecule has 96 valence electrons. The summed E-state index contributed by atoms with van der Waals surface area (Å²) in [6.45, 7) is 0. The van der Waals surface area contributed by atoms with Crippen LogP contribution in [0, 0.1) is 17.3 Å². The maximum atomic E-state index is 13.7. The lowest BCUT2D eigenvalue weighted by Crippen LogP contribution is -1.95. The molecule has 0 fully saturated rings. The molecule has 0 saturated heterocycles. The van der Waals surface area contributed by atoms with Crippen LogP contribution in [0.1, 0.15) is 5.56 Å². The van der Waals surface area contributed by atoms with Crippen LogP contribution in [0.3, 0.4) is 0 Å². The van der Waals surface area contributed by atoms with Crippen LogP contribution < -0.4 is 0 Å². The Balaban J connectivity index is 2.51. The average Bonchev–Trinajstić information content (AvgIpc) is 2.36. The standard InChI is InChI=1S/C13H6Cl3FN2/c14-9-6-11(16)10(15)5-8(9)12-2-1-7(3-4-18)13(17)19-12/h1-2,5-6H,3H2. The lowest BCUT2D eigenvalue weighted by atomic mass is 10.1. The van der Waals surface area contributed by atoms with Crippen molar-refractivity contribution in [2.75, 3.05) is 0 Å². The second-order valence-electron chi connectivity index (χ2n) is 3.73. The van der Waals surface area contributed by atoms with Crippen molar-refractivity contribution in [1.29, 1.82) is 5.26 Å². The van der Waals surface area contributed by atoms with Gasteiger partial charge in [-0.05, 0) is 18.2 Å². The largest absolute Gasteiger partial charge is 0.219 e. The third-order valence-corrected chi connectivity index (χ3v) is 3.52. The zero-order valence-corrected chi connectivity index (χ0v) is 11.7. The van der Waals surface area contributed by atoms with Crippen LogP contribution in [0.2, 0.25) is 15.1 Å². The predicted octanol–water partition coefficient (Wildman–Crippen LogP) is 4.91. The first-order chi connectivity index (χ1) is 9.02. The molecule has 0 radical (unpaired) electrons. The van der Waals surface area contributed by atoms with Gasteiger partial charge in [-0.3, -0.25) is 0 Å². The van der Waals surface area contributed by atoms with Crippen LogP contribution >= 0.6 is 34.8 Å². The molecule has 2 rings (SSSR count). The quantitative estimate of drug-likeness (QED) is 0.583. The number of rotatable bonds is 2. The first-order valence-electron chi connectivity index (χ1n) is 5.20. The number of benzene rings is 1. The van der Waals surface area contributed by atoms with Gasteiger partial charge in [-0.1, -0.05) is 40.9 Å². The summed E-state index contributed by atoms with van der Waals surface area (Å²) < 4.78 is 13.7. The summed E-state index contributed by atoms with van der Waals surface area (Å²) in [6.07, 6.45) is -0.0335. The molecule has 2 nitrogen and oxygen atoms in total. The molecule has 1 aromatic carbocycles. The van der Waals surface area contributed by atoms with E-state index in [1.54, 1.807) is 6.07 Å². The van der Waals surface area contributed by atoms with E-state index in [9.17, 15) is 4.39 Å². The molecule has 0 atom stereocenters. The van der Waals surface area contributed by atoms with Crippen LogP contribution in [-0.4, -0.2) is 4.98 Å². The summed E-state index contributed by atoms with van der Waals surface area (Å²) in [5.41, 5.74) is 1.06. The molecule has 0 aliphatic heterocycles. The van der Waals surface area contributed by atoms with Gasteiger partial charge in [0.15, 0.2) is 0 Å². The van der Waals surface area contributed by atoms with Crippen molar-refractivity contribution in [2.24, 2.45) is 0 Å². The van der Waals surface area contributed by atoms with Crippen LogP contribution in [-0.2, 0) is 6.42 Å². The fourth-order valence-corrected chi connectivity index (χ4v) is 2.19. The molecule has 6 heteroatoms.